The summed E-state index contributed by atoms with van der Waals surface area (Å²) in [6, 6.07) is 5.24. The van der Waals surface area contributed by atoms with Gasteiger partial charge in [0.15, 0.2) is 0 Å². The van der Waals surface area contributed by atoms with E-state index in [1.54, 1.807) is 31.3 Å². The molecule has 0 spiro atoms. The van der Waals surface area contributed by atoms with E-state index in [1.807, 2.05) is 0 Å². The molecule has 0 atom stereocenters. The van der Waals surface area contributed by atoms with Crippen molar-refractivity contribution < 1.29 is 13.2 Å². The second-order valence-corrected chi connectivity index (χ2v) is 5.20. The van der Waals surface area contributed by atoms with Crippen LogP contribution in [0.3, 0.4) is 0 Å². The van der Waals surface area contributed by atoms with Crippen molar-refractivity contribution in [1.82, 2.24) is 4.40 Å². The fraction of sp³-hybridized carbons (Fsp3) is 0.200. The van der Waals surface area contributed by atoms with Crippen LogP contribution in [0.15, 0.2) is 33.9 Å². The number of hydrogen-bond acceptors (Lipinski definition) is 1. The number of halogens is 4. The van der Waals surface area contributed by atoms with E-state index in [4.69, 9.17) is 0 Å². The Kier molecular flexibility index (Phi) is 2.96. The molecule has 0 saturated carbocycles. The average Bonchev–Trinajstić information content (AvgIpc) is 2.44. The number of alkyl halides is 3. The van der Waals surface area contributed by atoms with Gasteiger partial charge in [-0.1, -0.05) is 0 Å². The Morgan fingerprint density at radius 1 is 1.38 bits per heavy atom. The third kappa shape index (κ3) is 2.22. The van der Waals surface area contributed by atoms with Crippen molar-refractivity contribution in [2.75, 3.05) is 0 Å². The molecule has 2 aromatic rings. The predicted molar refractivity (Wildman–Crippen MR) is 61.7 cm³/mol. The van der Waals surface area contributed by atoms with E-state index in [0.29, 0.717) is 5.56 Å². The topological polar surface area (TPSA) is 4.41 Å². The number of nitrogens with zero attached hydrogens (tertiary/aromatic N) is 1. The third-order valence-corrected chi connectivity index (χ3v) is 3.72. The van der Waals surface area contributed by atoms with E-state index in [9.17, 15) is 13.2 Å². The molecule has 0 N–H and O–H groups in total. The first-order chi connectivity index (χ1) is 7.38. The maximum absolute atomic E-state index is 12.4. The minimum atomic E-state index is -4.26. The average molecular weight is 310 g/mol. The molecule has 6 heteroatoms. The van der Waals surface area contributed by atoms with Crippen molar-refractivity contribution >= 4 is 33.2 Å². The van der Waals surface area contributed by atoms with Gasteiger partial charge >= 0.3 is 5.51 Å². The van der Waals surface area contributed by atoms with E-state index in [2.05, 4.69) is 15.9 Å². The Labute approximate surface area is 103 Å². The summed E-state index contributed by atoms with van der Waals surface area (Å²) in [4.78, 5) is 0. The normalized spacial score (nSPS) is 12.3. The predicted octanol–water partition coefficient (Wildman–Crippen LogP) is 4.62. The van der Waals surface area contributed by atoms with Crippen LogP contribution < -0.4 is 0 Å². The summed E-state index contributed by atoms with van der Waals surface area (Å²) in [5, 5.41) is 0.212. The van der Waals surface area contributed by atoms with Crippen LogP contribution in [0.2, 0.25) is 0 Å². The van der Waals surface area contributed by atoms with Gasteiger partial charge < -0.3 is 4.40 Å². The standard InChI is InChI=1S/C10H7BrF3NS/c1-6-5-8-7(11)3-2-4-15(8)9(6)16-10(12,13)14/h2-5H,1H3. The van der Waals surface area contributed by atoms with Gasteiger partial charge in [0.25, 0.3) is 0 Å². The van der Waals surface area contributed by atoms with Crippen molar-refractivity contribution in [2.45, 2.75) is 17.5 Å². The quantitative estimate of drug-likeness (QED) is 0.695. The molecule has 0 aliphatic rings. The summed E-state index contributed by atoms with van der Waals surface area (Å²) < 4.78 is 39.4. The van der Waals surface area contributed by atoms with Gasteiger partial charge in [-0.05, 0) is 46.6 Å². The van der Waals surface area contributed by atoms with Crippen LogP contribution in [0.5, 0.6) is 0 Å². The van der Waals surface area contributed by atoms with Crippen molar-refractivity contribution in [3.8, 4) is 0 Å². The van der Waals surface area contributed by atoms with Gasteiger partial charge in [0.05, 0.1) is 10.5 Å². The lowest BCUT2D eigenvalue weighted by Gasteiger charge is -2.07. The molecule has 0 aromatic carbocycles. The van der Waals surface area contributed by atoms with Crippen LogP contribution in [0.4, 0.5) is 13.2 Å². The molecular formula is C10H7BrF3NS. The summed E-state index contributed by atoms with van der Waals surface area (Å²) >= 11 is 3.23. The summed E-state index contributed by atoms with van der Waals surface area (Å²) in [5.74, 6) is 0. The first-order valence-electron chi connectivity index (χ1n) is 4.40. The number of fused-ring (bicyclic) bond motifs is 1. The molecule has 2 aromatic heterocycles. The third-order valence-electron chi connectivity index (χ3n) is 2.10. The second kappa shape index (κ2) is 4.00. The monoisotopic (exact) mass is 309 g/mol. The molecule has 86 valence electrons. The van der Waals surface area contributed by atoms with Crippen molar-refractivity contribution in [2.24, 2.45) is 0 Å². The van der Waals surface area contributed by atoms with Gasteiger partial charge in [0, 0.05) is 22.4 Å². The van der Waals surface area contributed by atoms with Gasteiger partial charge in [0.2, 0.25) is 0 Å². The Hall–Kier alpha value is -0.620. The van der Waals surface area contributed by atoms with Gasteiger partial charge in [-0.3, -0.25) is 0 Å². The molecule has 0 fully saturated rings. The van der Waals surface area contributed by atoms with E-state index >= 15 is 0 Å². The lowest BCUT2D eigenvalue weighted by Crippen LogP contribution is -2.01. The molecule has 0 aliphatic heterocycles. The van der Waals surface area contributed by atoms with Gasteiger partial charge in [-0.2, -0.15) is 13.2 Å². The number of rotatable bonds is 1. The molecule has 0 amide bonds. The number of thioether (sulfide) groups is 1. The summed E-state index contributed by atoms with van der Waals surface area (Å²) in [7, 11) is 0. The summed E-state index contributed by atoms with van der Waals surface area (Å²) in [6.45, 7) is 1.67. The highest BCUT2D eigenvalue weighted by Crippen LogP contribution is 2.40. The van der Waals surface area contributed by atoms with Crippen molar-refractivity contribution in [3.05, 3.63) is 34.4 Å². The molecule has 2 heterocycles. The molecule has 16 heavy (non-hydrogen) atoms. The Morgan fingerprint density at radius 3 is 2.69 bits per heavy atom. The molecular weight excluding hydrogens is 303 g/mol. The molecule has 2 rings (SSSR count). The highest BCUT2D eigenvalue weighted by Gasteiger charge is 2.31. The number of pyridine rings is 1. The van der Waals surface area contributed by atoms with Crippen LogP contribution in [-0.4, -0.2) is 9.91 Å². The maximum atomic E-state index is 12.4. The van der Waals surface area contributed by atoms with Gasteiger partial charge in [0.1, 0.15) is 0 Å². The Balaban J connectivity index is 2.61. The summed E-state index contributed by atoms with van der Waals surface area (Å²) in [6.07, 6.45) is 1.63. The zero-order valence-electron chi connectivity index (χ0n) is 8.18. The number of aryl methyl sites for hydroxylation is 1. The molecule has 0 saturated heterocycles. The lowest BCUT2D eigenvalue weighted by molar-refractivity contribution is -0.0330. The largest absolute Gasteiger partial charge is 0.447 e. The van der Waals surface area contributed by atoms with Crippen molar-refractivity contribution in [3.63, 3.8) is 0 Å². The molecule has 0 radical (unpaired) electrons. The fourth-order valence-corrected chi connectivity index (χ4v) is 2.66. The first-order valence-corrected chi connectivity index (χ1v) is 6.01. The molecule has 0 unspecified atom stereocenters. The van der Waals surface area contributed by atoms with Crippen LogP contribution in [0.25, 0.3) is 5.52 Å². The number of hydrogen-bond donors (Lipinski definition) is 0. The van der Waals surface area contributed by atoms with E-state index in [1.165, 1.54) is 4.40 Å². The van der Waals surface area contributed by atoms with Crippen molar-refractivity contribution in [1.29, 1.82) is 0 Å². The highest BCUT2D eigenvalue weighted by molar-refractivity contribution is 9.10. The van der Waals surface area contributed by atoms with Crippen LogP contribution in [0, 0.1) is 6.92 Å². The van der Waals surface area contributed by atoms with Crippen LogP contribution in [-0.2, 0) is 0 Å². The van der Waals surface area contributed by atoms with E-state index in [0.717, 1.165) is 9.99 Å². The fourth-order valence-electron chi connectivity index (χ4n) is 1.51. The SMILES string of the molecule is Cc1cc2c(Br)cccn2c1SC(F)(F)F. The molecule has 0 bridgehead atoms. The minimum Gasteiger partial charge on any atom is -0.310 e. The summed E-state index contributed by atoms with van der Waals surface area (Å²) in [5.41, 5.74) is -2.90. The molecule has 0 aliphatic carbocycles. The minimum absolute atomic E-state index is 0.0856. The second-order valence-electron chi connectivity index (χ2n) is 3.29. The van der Waals surface area contributed by atoms with Gasteiger partial charge in [-0.15, -0.1) is 0 Å². The maximum Gasteiger partial charge on any atom is 0.447 e. The Morgan fingerprint density at radius 2 is 2.06 bits per heavy atom. The van der Waals surface area contributed by atoms with Crippen LogP contribution in [0.1, 0.15) is 5.56 Å². The van der Waals surface area contributed by atoms with Gasteiger partial charge in [-0.25, -0.2) is 0 Å². The van der Waals surface area contributed by atoms with E-state index in [-0.39, 0.29) is 16.8 Å². The smallest absolute Gasteiger partial charge is 0.310 e. The zero-order valence-corrected chi connectivity index (χ0v) is 10.6. The zero-order chi connectivity index (χ0) is 11.9. The highest BCUT2D eigenvalue weighted by atomic mass is 79.9. The van der Waals surface area contributed by atoms with Crippen LogP contribution >= 0.6 is 27.7 Å². The molecule has 1 nitrogen and oxygen atoms in total. The lowest BCUT2D eigenvalue weighted by atomic mass is 10.3. The number of aromatic nitrogens is 1. The Bertz CT molecular complexity index is 533. The first kappa shape index (κ1) is 11.9. The van der Waals surface area contributed by atoms with E-state index < -0.39 is 5.51 Å².